The van der Waals surface area contributed by atoms with Crippen LogP contribution in [0.2, 0.25) is 0 Å². The molecule has 0 radical (unpaired) electrons. The summed E-state index contributed by atoms with van der Waals surface area (Å²) in [6, 6.07) is 6.23. The summed E-state index contributed by atoms with van der Waals surface area (Å²) in [6.07, 6.45) is 1.16. The maximum atomic E-state index is 5.83. The molecule has 0 saturated carbocycles. The van der Waals surface area contributed by atoms with Crippen molar-refractivity contribution in [1.82, 2.24) is 5.32 Å². The van der Waals surface area contributed by atoms with E-state index in [9.17, 15) is 0 Å². The Morgan fingerprint density at radius 1 is 1.33 bits per heavy atom. The van der Waals surface area contributed by atoms with E-state index in [1.165, 1.54) is 0 Å². The van der Waals surface area contributed by atoms with Crippen molar-refractivity contribution in [3.63, 3.8) is 0 Å². The molecule has 12 heavy (non-hydrogen) atoms. The van der Waals surface area contributed by atoms with Gasteiger partial charge in [-0.3, -0.25) is 0 Å². The summed E-state index contributed by atoms with van der Waals surface area (Å²) in [5, 5.41) is 3.29. The molecule has 1 saturated heterocycles. The van der Waals surface area contributed by atoms with Crippen molar-refractivity contribution < 1.29 is 0 Å². The summed E-state index contributed by atoms with van der Waals surface area (Å²) in [4.78, 5) is 0. The molecule has 1 aromatic carbocycles. The van der Waals surface area contributed by atoms with Gasteiger partial charge in [0.2, 0.25) is 0 Å². The van der Waals surface area contributed by atoms with Crippen LogP contribution in [0.3, 0.4) is 0 Å². The molecule has 0 aromatic heterocycles. The van der Waals surface area contributed by atoms with Crippen LogP contribution in [0.4, 0.5) is 11.4 Å². The summed E-state index contributed by atoms with van der Waals surface area (Å²) in [6.45, 7) is 1.08. The van der Waals surface area contributed by atoms with Crippen molar-refractivity contribution in [3.05, 3.63) is 23.8 Å². The van der Waals surface area contributed by atoms with E-state index in [4.69, 9.17) is 11.5 Å². The molecule has 5 N–H and O–H groups in total. The van der Waals surface area contributed by atoms with Crippen molar-refractivity contribution in [1.29, 1.82) is 0 Å². The molecule has 1 aromatic rings. The van der Waals surface area contributed by atoms with E-state index in [0.29, 0.717) is 11.7 Å². The largest absolute Gasteiger partial charge is 0.397 e. The molecular weight excluding hydrogens is 150 g/mol. The van der Waals surface area contributed by atoms with Gasteiger partial charge in [0.15, 0.2) is 0 Å². The van der Waals surface area contributed by atoms with Crippen LogP contribution in [0.5, 0.6) is 0 Å². The predicted octanol–water partition coefficient (Wildman–Crippen LogP) is 0.885. The highest BCUT2D eigenvalue weighted by atomic mass is 15.0. The van der Waals surface area contributed by atoms with Gasteiger partial charge in [-0.25, -0.2) is 0 Å². The van der Waals surface area contributed by atoms with Crippen LogP contribution in [0.1, 0.15) is 18.0 Å². The Morgan fingerprint density at radius 3 is 2.67 bits per heavy atom. The van der Waals surface area contributed by atoms with E-state index >= 15 is 0 Å². The van der Waals surface area contributed by atoms with Crippen molar-refractivity contribution in [2.75, 3.05) is 18.0 Å². The molecule has 0 aliphatic carbocycles. The van der Waals surface area contributed by atoms with E-state index in [-0.39, 0.29) is 0 Å². The number of nitrogens with two attached hydrogens (primary N) is 2. The highest BCUT2D eigenvalue weighted by Crippen LogP contribution is 2.30. The van der Waals surface area contributed by atoms with Crippen LogP contribution in [0.15, 0.2) is 18.2 Å². The minimum Gasteiger partial charge on any atom is -0.397 e. The highest BCUT2D eigenvalue weighted by Gasteiger charge is 2.20. The fraction of sp³-hybridized carbons (Fsp3) is 0.333. The first-order valence-electron chi connectivity index (χ1n) is 4.16. The van der Waals surface area contributed by atoms with Gasteiger partial charge >= 0.3 is 0 Å². The van der Waals surface area contributed by atoms with Gasteiger partial charge in [-0.2, -0.15) is 0 Å². The molecule has 1 heterocycles. The Bertz CT molecular complexity index is 292. The number of rotatable bonds is 1. The third-order valence-electron chi connectivity index (χ3n) is 2.37. The number of nitrogen functional groups attached to an aromatic ring is 2. The standard InChI is InChI=1S/C9H13N3/c10-7-3-1-2-6(9(7)11)8-4-5-12-8/h1-3,8,12H,4-5,10-11H2/t8-/m0/s1. The number of benzene rings is 1. The second-order valence-electron chi connectivity index (χ2n) is 3.15. The first-order valence-corrected chi connectivity index (χ1v) is 4.16. The normalized spacial score (nSPS) is 21.8. The van der Waals surface area contributed by atoms with E-state index in [0.717, 1.165) is 24.2 Å². The molecule has 1 atom stereocenters. The number of hydrogen-bond acceptors (Lipinski definition) is 3. The minimum absolute atomic E-state index is 0.425. The molecule has 0 bridgehead atoms. The smallest absolute Gasteiger partial charge is 0.0596 e. The van der Waals surface area contributed by atoms with Gasteiger partial charge in [-0.05, 0) is 24.6 Å². The molecule has 3 nitrogen and oxygen atoms in total. The maximum absolute atomic E-state index is 5.83. The average molecular weight is 163 g/mol. The molecule has 3 heteroatoms. The molecule has 0 unspecified atom stereocenters. The summed E-state index contributed by atoms with van der Waals surface area (Å²) in [5.41, 5.74) is 14.1. The van der Waals surface area contributed by atoms with Crippen LogP contribution in [-0.4, -0.2) is 6.54 Å². The fourth-order valence-corrected chi connectivity index (χ4v) is 1.46. The Hall–Kier alpha value is -1.22. The summed E-state index contributed by atoms with van der Waals surface area (Å²) >= 11 is 0. The van der Waals surface area contributed by atoms with E-state index in [1.54, 1.807) is 0 Å². The molecule has 1 aliphatic heterocycles. The molecule has 64 valence electrons. The fourth-order valence-electron chi connectivity index (χ4n) is 1.46. The van der Waals surface area contributed by atoms with Crippen molar-refractivity contribution >= 4 is 11.4 Å². The van der Waals surface area contributed by atoms with Gasteiger partial charge in [0.25, 0.3) is 0 Å². The monoisotopic (exact) mass is 163 g/mol. The van der Waals surface area contributed by atoms with Crippen LogP contribution in [0.25, 0.3) is 0 Å². The Morgan fingerprint density at radius 2 is 2.08 bits per heavy atom. The molecule has 1 aliphatic rings. The molecule has 2 rings (SSSR count). The lowest BCUT2D eigenvalue weighted by atomic mass is 9.96. The van der Waals surface area contributed by atoms with E-state index in [1.807, 2.05) is 18.2 Å². The van der Waals surface area contributed by atoms with Crippen molar-refractivity contribution in [2.24, 2.45) is 0 Å². The topological polar surface area (TPSA) is 64.1 Å². The van der Waals surface area contributed by atoms with Gasteiger partial charge in [0.1, 0.15) is 0 Å². The van der Waals surface area contributed by atoms with Gasteiger partial charge in [-0.1, -0.05) is 12.1 Å². The molecular formula is C9H13N3. The van der Waals surface area contributed by atoms with Gasteiger partial charge in [-0.15, -0.1) is 0 Å². The second kappa shape index (κ2) is 2.68. The molecule has 0 amide bonds. The number of nitrogens with one attached hydrogen (secondary N) is 1. The number of anilines is 2. The van der Waals surface area contributed by atoms with Crippen molar-refractivity contribution in [2.45, 2.75) is 12.5 Å². The lowest BCUT2D eigenvalue weighted by Gasteiger charge is -2.29. The Labute approximate surface area is 71.8 Å². The second-order valence-corrected chi connectivity index (χ2v) is 3.15. The highest BCUT2D eigenvalue weighted by molar-refractivity contribution is 5.68. The van der Waals surface area contributed by atoms with Crippen LogP contribution in [0, 0.1) is 0 Å². The van der Waals surface area contributed by atoms with E-state index < -0.39 is 0 Å². The average Bonchev–Trinajstić information content (AvgIpc) is 1.95. The van der Waals surface area contributed by atoms with Crippen LogP contribution >= 0.6 is 0 Å². The first-order chi connectivity index (χ1) is 5.79. The van der Waals surface area contributed by atoms with Crippen LogP contribution in [-0.2, 0) is 0 Å². The zero-order chi connectivity index (χ0) is 8.55. The number of hydrogen-bond donors (Lipinski definition) is 3. The quantitative estimate of drug-likeness (QED) is 0.539. The predicted molar refractivity (Wildman–Crippen MR) is 50.6 cm³/mol. The van der Waals surface area contributed by atoms with Gasteiger partial charge in [0.05, 0.1) is 11.4 Å². The Balaban J connectivity index is 2.36. The minimum atomic E-state index is 0.425. The SMILES string of the molecule is Nc1cccc([C@@H]2CCN2)c1N. The van der Waals surface area contributed by atoms with E-state index in [2.05, 4.69) is 5.32 Å². The molecule has 1 fully saturated rings. The third kappa shape index (κ3) is 1.02. The molecule has 0 spiro atoms. The first kappa shape index (κ1) is 7.43. The third-order valence-corrected chi connectivity index (χ3v) is 2.37. The van der Waals surface area contributed by atoms with Gasteiger partial charge < -0.3 is 16.8 Å². The summed E-state index contributed by atoms with van der Waals surface area (Å²) in [5.74, 6) is 0. The number of para-hydroxylation sites is 1. The van der Waals surface area contributed by atoms with Crippen molar-refractivity contribution in [3.8, 4) is 0 Å². The summed E-state index contributed by atoms with van der Waals surface area (Å²) in [7, 11) is 0. The lowest BCUT2D eigenvalue weighted by molar-refractivity contribution is 0.384. The van der Waals surface area contributed by atoms with Crippen LogP contribution < -0.4 is 16.8 Å². The summed E-state index contributed by atoms with van der Waals surface area (Å²) < 4.78 is 0. The lowest BCUT2D eigenvalue weighted by Crippen LogP contribution is -2.35. The zero-order valence-corrected chi connectivity index (χ0v) is 6.88. The Kier molecular flexibility index (Phi) is 1.66. The maximum Gasteiger partial charge on any atom is 0.0596 e. The van der Waals surface area contributed by atoms with Gasteiger partial charge in [0, 0.05) is 6.04 Å². The zero-order valence-electron chi connectivity index (χ0n) is 6.88.